The normalized spacial score (nSPS) is 14.2. The molecule has 0 aliphatic heterocycles. The molecule has 1 aliphatic rings. The fourth-order valence-electron chi connectivity index (χ4n) is 2.48. The minimum Gasteiger partial charge on any atom is -0.304 e. The first kappa shape index (κ1) is 13.7. The van der Waals surface area contributed by atoms with Crippen LogP contribution in [0.15, 0.2) is 29.6 Å². The second-order valence-corrected chi connectivity index (χ2v) is 7.71. The minimum absolute atomic E-state index is 0.0580. The lowest BCUT2D eigenvalue weighted by molar-refractivity contribution is 0.102. The number of H-pyrrole nitrogens is 1. The van der Waals surface area contributed by atoms with Gasteiger partial charge < -0.3 is 5.32 Å². The van der Waals surface area contributed by atoms with Crippen molar-refractivity contribution < 1.29 is 4.79 Å². The molecule has 1 saturated carbocycles. The number of thiophene rings is 2. The number of hydrogen-bond donors (Lipinski definition) is 2. The molecule has 1 amide bonds. The van der Waals surface area contributed by atoms with E-state index in [2.05, 4.69) is 40.6 Å². The molecule has 112 valence electrons. The van der Waals surface area contributed by atoms with Gasteiger partial charge in [0.15, 0.2) is 5.82 Å². The first-order chi connectivity index (χ1) is 10.7. The van der Waals surface area contributed by atoms with E-state index in [1.54, 1.807) is 11.3 Å². The zero-order chi connectivity index (χ0) is 15.1. The molecule has 4 rings (SSSR count). The van der Waals surface area contributed by atoms with Gasteiger partial charge in [-0.1, -0.05) is 0 Å². The monoisotopic (exact) mass is 329 g/mol. The van der Waals surface area contributed by atoms with Crippen molar-refractivity contribution >= 4 is 34.4 Å². The van der Waals surface area contributed by atoms with E-state index >= 15 is 0 Å². The van der Waals surface area contributed by atoms with E-state index in [0.717, 1.165) is 15.4 Å². The molecular formula is C16H15N3OS2. The molecule has 4 nitrogen and oxygen atoms in total. The number of hydrogen-bond acceptors (Lipinski definition) is 4. The van der Waals surface area contributed by atoms with Crippen molar-refractivity contribution in [1.29, 1.82) is 0 Å². The summed E-state index contributed by atoms with van der Waals surface area (Å²) < 4.78 is 0. The SMILES string of the molecule is Cc1ccc(-c2cc(NC(=O)c3sccc3C3CC3)n[nH]2)s1. The summed E-state index contributed by atoms with van der Waals surface area (Å²) in [5.74, 6) is 1.09. The van der Waals surface area contributed by atoms with Crippen molar-refractivity contribution in [2.24, 2.45) is 0 Å². The standard InChI is InChI=1S/C16H15N3OS2/c1-9-2-5-13(22-9)12-8-14(19-18-12)17-16(20)15-11(6-7-21-15)10-3-4-10/h2,5-8,10H,3-4H2,1H3,(H2,17,18,19,20). The second-order valence-electron chi connectivity index (χ2n) is 5.51. The Labute approximate surface area is 136 Å². The number of aryl methyl sites for hydroxylation is 1. The summed E-state index contributed by atoms with van der Waals surface area (Å²) in [7, 11) is 0. The number of nitrogens with zero attached hydrogens (tertiary/aromatic N) is 1. The smallest absolute Gasteiger partial charge is 0.267 e. The van der Waals surface area contributed by atoms with Crippen LogP contribution in [-0.4, -0.2) is 16.1 Å². The lowest BCUT2D eigenvalue weighted by atomic mass is 10.1. The van der Waals surface area contributed by atoms with E-state index in [4.69, 9.17) is 0 Å². The molecule has 0 atom stereocenters. The van der Waals surface area contributed by atoms with Crippen molar-refractivity contribution in [2.75, 3.05) is 5.32 Å². The third kappa shape index (κ3) is 2.60. The predicted octanol–water partition coefficient (Wildman–Crippen LogP) is 4.64. The molecule has 6 heteroatoms. The lowest BCUT2D eigenvalue weighted by Gasteiger charge is -2.02. The maximum Gasteiger partial charge on any atom is 0.267 e. The van der Waals surface area contributed by atoms with Gasteiger partial charge in [0.2, 0.25) is 0 Å². The molecule has 0 saturated heterocycles. The van der Waals surface area contributed by atoms with Crippen molar-refractivity contribution in [1.82, 2.24) is 10.2 Å². The van der Waals surface area contributed by atoms with E-state index in [0.29, 0.717) is 11.7 Å². The van der Waals surface area contributed by atoms with Crippen LogP contribution in [0.3, 0.4) is 0 Å². The predicted molar refractivity (Wildman–Crippen MR) is 90.9 cm³/mol. The average molecular weight is 329 g/mol. The Kier molecular flexibility index (Phi) is 3.35. The van der Waals surface area contributed by atoms with E-state index in [-0.39, 0.29) is 5.91 Å². The van der Waals surface area contributed by atoms with Crippen molar-refractivity contribution in [3.63, 3.8) is 0 Å². The van der Waals surface area contributed by atoms with Crippen molar-refractivity contribution in [3.05, 3.63) is 45.0 Å². The first-order valence-corrected chi connectivity index (χ1v) is 8.91. The van der Waals surface area contributed by atoms with E-state index in [1.165, 1.54) is 34.6 Å². The Morgan fingerprint density at radius 3 is 2.95 bits per heavy atom. The van der Waals surface area contributed by atoms with E-state index in [9.17, 15) is 4.79 Å². The van der Waals surface area contributed by atoms with Gasteiger partial charge in [0.1, 0.15) is 0 Å². The zero-order valence-corrected chi connectivity index (χ0v) is 13.7. The molecular weight excluding hydrogens is 314 g/mol. The second kappa shape index (κ2) is 5.37. The molecule has 3 aromatic rings. The van der Waals surface area contributed by atoms with Gasteiger partial charge in [-0.2, -0.15) is 5.10 Å². The highest BCUT2D eigenvalue weighted by Crippen LogP contribution is 2.43. The summed E-state index contributed by atoms with van der Waals surface area (Å²) in [6.07, 6.45) is 2.39. The van der Waals surface area contributed by atoms with Crippen LogP contribution in [0, 0.1) is 6.92 Å². The van der Waals surface area contributed by atoms with Gasteiger partial charge in [-0.15, -0.1) is 22.7 Å². The van der Waals surface area contributed by atoms with Crippen LogP contribution in [0.2, 0.25) is 0 Å². The summed E-state index contributed by atoms with van der Waals surface area (Å²) in [5.41, 5.74) is 2.12. The lowest BCUT2D eigenvalue weighted by Crippen LogP contribution is -2.12. The molecule has 3 heterocycles. The molecule has 0 radical (unpaired) electrons. The molecule has 0 bridgehead atoms. The number of amides is 1. The largest absolute Gasteiger partial charge is 0.304 e. The molecule has 0 unspecified atom stereocenters. The quantitative estimate of drug-likeness (QED) is 0.732. The van der Waals surface area contributed by atoms with E-state index < -0.39 is 0 Å². The van der Waals surface area contributed by atoms with Crippen LogP contribution in [-0.2, 0) is 0 Å². The fourth-order valence-corrected chi connectivity index (χ4v) is 4.20. The highest BCUT2D eigenvalue weighted by atomic mass is 32.1. The van der Waals surface area contributed by atoms with Gasteiger partial charge in [0.05, 0.1) is 15.4 Å². The van der Waals surface area contributed by atoms with Crippen LogP contribution >= 0.6 is 22.7 Å². The Balaban J connectivity index is 1.52. The number of rotatable bonds is 4. The summed E-state index contributed by atoms with van der Waals surface area (Å²) >= 11 is 3.21. The van der Waals surface area contributed by atoms with Crippen LogP contribution in [0.4, 0.5) is 5.82 Å². The third-order valence-corrected chi connectivity index (χ3v) is 5.71. The first-order valence-electron chi connectivity index (χ1n) is 7.21. The Morgan fingerprint density at radius 2 is 2.23 bits per heavy atom. The van der Waals surface area contributed by atoms with Crippen LogP contribution < -0.4 is 5.32 Å². The summed E-state index contributed by atoms with van der Waals surface area (Å²) in [5, 5.41) is 12.1. The van der Waals surface area contributed by atoms with Gasteiger partial charge in [-0.3, -0.25) is 9.89 Å². The van der Waals surface area contributed by atoms with Crippen LogP contribution in [0.5, 0.6) is 0 Å². The van der Waals surface area contributed by atoms with Gasteiger partial charge in [-0.25, -0.2) is 0 Å². The van der Waals surface area contributed by atoms with Gasteiger partial charge in [-0.05, 0) is 54.8 Å². The van der Waals surface area contributed by atoms with Crippen molar-refractivity contribution in [2.45, 2.75) is 25.7 Å². The molecule has 22 heavy (non-hydrogen) atoms. The zero-order valence-electron chi connectivity index (χ0n) is 12.1. The maximum atomic E-state index is 12.4. The number of carbonyl (C=O) groups is 1. The van der Waals surface area contributed by atoms with Gasteiger partial charge in [0, 0.05) is 10.9 Å². The number of anilines is 1. The number of aromatic amines is 1. The maximum absolute atomic E-state index is 12.4. The number of carbonyl (C=O) groups excluding carboxylic acids is 1. The number of aromatic nitrogens is 2. The molecule has 1 aliphatic carbocycles. The van der Waals surface area contributed by atoms with E-state index in [1.807, 2.05) is 11.4 Å². The van der Waals surface area contributed by atoms with Gasteiger partial charge >= 0.3 is 0 Å². The van der Waals surface area contributed by atoms with Crippen LogP contribution in [0.25, 0.3) is 10.6 Å². The fraction of sp³-hybridized carbons (Fsp3) is 0.250. The highest BCUT2D eigenvalue weighted by Gasteiger charge is 2.29. The summed E-state index contributed by atoms with van der Waals surface area (Å²) in [6, 6.07) is 8.09. The Bertz CT molecular complexity index is 826. The summed E-state index contributed by atoms with van der Waals surface area (Å²) in [4.78, 5) is 15.6. The Hall–Kier alpha value is -1.92. The summed E-state index contributed by atoms with van der Waals surface area (Å²) in [6.45, 7) is 2.07. The molecule has 1 fully saturated rings. The number of nitrogens with one attached hydrogen (secondary N) is 2. The molecule has 0 spiro atoms. The van der Waals surface area contributed by atoms with Gasteiger partial charge in [0.25, 0.3) is 5.91 Å². The topological polar surface area (TPSA) is 57.8 Å². The molecule has 2 N–H and O–H groups in total. The molecule has 3 aromatic heterocycles. The average Bonchev–Trinajstić information content (AvgIpc) is 2.94. The highest BCUT2D eigenvalue weighted by molar-refractivity contribution is 7.15. The minimum atomic E-state index is -0.0580. The third-order valence-electron chi connectivity index (χ3n) is 3.74. The Morgan fingerprint density at radius 1 is 1.36 bits per heavy atom. The molecule has 0 aromatic carbocycles. The van der Waals surface area contributed by atoms with Crippen molar-refractivity contribution in [3.8, 4) is 10.6 Å². The van der Waals surface area contributed by atoms with Crippen LogP contribution in [0.1, 0.15) is 38.9 Å².